The van der Waals surface area contributed by atoms with Gasteiger partial charge in [-0.3, -0.25) is 9.36 Å². The van der Waals surface area contributed by atoms with E-state index in [4.69, 9.17) is 4.74 Å². The van der Waals surface area contributed by atoms with E-state index in [9.17, 15) is 14.3 Å². The lowest BCUT2D eigenvalue weighted by atomic mass is 10.2. The van der Waals surface area contributed by atoms with Crippen molar-refractivity contribution in [3.8, 4) is 5.75 Å². The quantitative estimate of drug-likeness (QED) is 0.770. The molecule has 0 saturated heterocycles. The maximum atomic E-state index is 13.5. The number of ether oxygens (including phenoxy) is 1. The summed E-state index contributed by atoms with van der Waals surface area (Å²) >= 11 is 1.48. The normalized spacial score (nSPS) is 12.5. The number of aliphatic hydroxyl groups excluding tert-OH is 1. The molecule has 3 rings (SSSR count). The van der Waals surface area contributed by atoms with Crippen LogP contribution in [0.1, 0.15) is 10.4 Å². The fraction of sp³-hybridized carbons (Fsp3) is 0.294. The first-order chi connectivity index (χ1) is 11.5. The van der Waals surface area contributed by atoms with Crippen molar-refractivity contribution in [3.63, 3.8) is 0 Å². The summed E-state index contributed by atoms with van der Waals surface area (Å²) in [6.07, 6.45) is 0.466. The molecule has 1 unspecified atom stereocenters. The van der Waals surface area contributed by atoms with Crippen molar-refractivity contribution in [2.45, 2.75) is 26.5 Å². The lowest BCUT2D eigenvalue weighted by Crippen LogP contribution is -2.30. The van der Waals surface area contributed by atoms with E-state index in [1.807, 2.05) is 13.8 Å². The molecule has 0 spiro atoms. The molecule has 2 heterocycles. The number of thiophene rings is 1. The Bertz CT molecular complexity index is 935. The zero-order valence-electron chi connectivity index (χ0n) is 13.3. The van der Waals surface area contributed by atoms with E-state index in [0.717, 1.165) is 10.4 Å². The number of aliphatic hydroxyl groups is 1. The summed E-state index contributed by atoms with van der Waals surface area (Å²) in [5, 5.41) is 10.7. The SMILES string of the molecule is Cc1sc2ncn(CC(O)COc3ccccc3F)c(=O)c2c1C. The summed E-state index contributed by atoms with van der Waals surface area (Å²) in [5.41, 5.74) is 0.728. The molecular weight excluding hydrogens is 331 g/mol. The van der Waals surface area contributed by atoms with Gasteiger partial charge in [0.25, 0.3) is 5.56 Å². The largest absolute Gasteiger partial charge is 0.488 e. The fourth-order valence-electron chi connectivity index (χ4n) is 2.43. The van der Waals surface area contributed by atoms with Crippen LogP contribution in [-0.2, 0) is 6.54 Å². The van der Waals surface area contributed by atoms with Gasteiger partial charge in [0.1, 0.15) is 17.5 Å². The number of rotatable bonds is 5. The van der Waals surface area contributed by atoms with Gasteiger partial charge in [-0.25, -0.2) is 9.37 Å². The van der Waals surface area contributed by atoms with Crippen molar-refractivity contribution in [2.75, 3.05) is 6.61 Å². The van der Waals surface area contributed by atoms with Crippen LogP contribution in [0.5, 0.6) is 5.75 Å². The Balaban J connectivity index is 1.75. The van der Waals surface area contributed by atoms with Crippen molar-refractivity contribution in [1.29, 1.82) is 0 Å². The van der Waals surface area contributed by atoms with Crippen LogP contribution in [0.3, 0.4) is 0 Å². The van der Waals surface area contributed by atoms with Crippen LogP contribution in [0.2, 0.25) is 0 Å². The number of aryl methyl sites for hydroxylation is 2. The van der Waals surface area contributed by atoms with Gasteiger partial charge in [0, 0.05) is 4.88 Å². The van der Waals surface area contributed by atoms with Gasteiger partial charge in [-0.05, 0) is 31.5 Å². The Labute approximate surface area is 142 Å². The highest BCUT2D eigenvalue weighted by Crippen LogP contribution is 2.25. The van der Waals surface area contributed by atoms with Gasteiger partial charge < -0.3 is 9.84 Å². The third-order valence-electron chi connectivity index (χ3n) is 3.83. The number of benzene rings is 1. The smallest absolute Gasteiger partial charge is 0.262 e. The van der Waals surface area contributed by atoms with Crippen molar-refractivity contribution in [2.24, 2.45) is 0 Å². The molecule has 24 heavy (non-hydrogen) atoms. The Hall–Kier alpha value is -2.25. The minimum atomic E-state index is -0.957. The number of hydrogen-bond acceptors (Lipinski definition) is 5. The highest BCUT2D eigenvalue weighted by Gasteiger charge is 2.15. The maximum absolute atomic E-state index is 13.5. The summed E-state index contributed by atoms with van der Waals surface area (Å²) in [6.45, 7) is 3.75. The molecule has 1 N–H and O–H groups in total. The number of para-hydroxylation sites is 1. The highest BCUT2D eigenvalue weighted by atomic mass is 32.1. The van der Waals surface area contributed by atoms with Gasteiger partial charge in [-0.1, -0.05) is 12.1 Å². The molecular formula is C17H17FN2O3S. The van der Waals surface area contributed by atoms with Gasteiger partial charge >= 0.3 is 0 Å². The molecule has 0 radical (unpaired) electrons. The summed E-state index contributed by atoms with van der Waals surface area (Å²) in [6, 6.07) is 5.98. The second kappa shape index (κ2) is 6.70. The van der Waals surface area contributed by atoms with E-state index in [1.165, 1.54) is 34.4 Å². The average molecular weight is 348 g/mol. The minimum Gasteiger partial charge on any atom is -0.488 e. The van der Waals surface area contributed by atoms with Crippen LogP contribution in [0.25, 0.3) is 10.2 Å². The molecule has 1 atom stereocenters. The lowest BCUT2D eigenvalue weighted by Gasteiger charge is -2.14. The van der Waals surface area contributed by atoms with E-state index in [-0.39, 0.29) is 24.5 Å². The van der Waals surface area contributed by atoms with Crippen molar-refractivity contribution >= 4 is 21.6 Å². The first-order valence-corrected chi connectivity index (χ1v) is 8.29. The van der Waals surface area contributed by atoms with Gasteiger partial charge in [0.05, 0.1) is 18.3 Å². The van der Waals surface area contributed by atoms with Gasteiger partial charge in [0.2, 0.25) is 0 Å². The molecule has 0 aliphatic heterocycles. The van der Waals surface area contributed by atoms with Crippen LogP contribution in [-0.4, -0.2) is 27.4 Å². The van der Waals surface area contributed by atoms with Gasteiger partial charge in [-0.15, -0.1) is 11.3 Å². The number of nitrogens with zero attached hydrogens (tertiary/aromatic N) is 2. The van der Waals surface area contributed by atoms with Crippen LogP contribution in [0.15, 0.2) is 35.4 Å². The molecule has 7 heteroatoms. The molecule has 2 aromatic heterocycles. The van der Waals surface area contributed by atoms with Gasteiger partial charge in [-0.2, -0.15) is 0 Å². The molecule has 0 aliphatic rings. The number of fused-ring (bicyclic) bond motifs is 1. The molecule has 0 fully saturated rings. The molecule has 3 aromatic rings. The number of aromatic nitrogens is 2. The maximum Gasteiger partial charge on any atom is 0.262 e. The average Bonchev–Trinajstić information content (AvgIpc) is 2.85. The van der Waals surface area contributed by atoms with Crippen molar-refractivity contribution in [1.82, 2.24) is 9.55 Å². The van der Waals surface area contributed by atoms with Gasteiger partial charge in [0.15, 0.2) is 11.6 Å². The zero-order valence-corrected chi connectivity index (χ0v) is 14.1. The first-order valence-electron chi connectivity index (χ1n) is 7.48. The van der Waals surface area contributed by atoms with Crippen LogP contribution >= 0.6 is 11.3 Å². The standard InChI is InChI=1S/C17H17FN2O3S/c1-10-11(2)24-16-15(10)17(22)20(9-19-16)7-12(21)8-23-14-6-4-3-5-13(14)18/h3-6,9,12,21H,7-8H2,1-2H3. The van der Waals surface area contributed by atoms with E-state index in [2.05, 4.69) is 4.98 Å². The monoisotopic (exact) mass is 348 g/mol. The Morgan fingerprint density at radius 1 is 1.38 bits per heavy atom. The van der Waals surface area contributed by atoms with Crippen molar-refractivity contribution in [3.05, 3.63) is 57.2 Å². The Morgan fingerprint density at radius 3 is 2.88 bits per heavy atom. The van der Waals surface area contributed by atoms with E-state index in [1.54, 1.807) is 12.1 Å². The van der Waals surface area contributed by atoms with E-state index >= 15 is 0 Å². The predicted molar refractivity (Wildman–Crippen MR) is 91.3 cm³/mol. The lowest BCUT2D eigenvalue weighted by molar-refractivity contribution is 0.0895. The summed E-state index contributed by atoms with van der Waals surface area (Å²) in [4.78, 5) is 18.6. The summed E-state index contributed by atoms with van der Waals surface area (Å²) in [7, 11) is 0. The number of halogens is 1. The molecule has 5 nitrogen and oxygen atoms in total. The van der Waals surface area contributed by atoms with Crippen LogP contribution in [0, 0.1) is 19.7 Å². The Morgan fingerprint density at radius 2 is 2.12 bits per heavy atom. The predicted octanol–water partition coefficient (Wildman–Crippen LogP) is 2.65. The topological polar surface area (TPSA) is 64.3 Å². The third kappa shape index (κ3) is 3.18. The third-order valence-corrected chi connectivity index (χ3v) is 4.95. The minimum absolute atomic E-state index is 0.0323. The summed E-state index contributed by atoms with van der Waals surface area (Å²) < 4.78 is 20.1. The highest BCUT2D eigenvalue weighted by molar-refractivity contribution is 7.18. The zero-order chi connectivity index (χ0) is 17.3. The first kappa shape index (κ1) is 16.6. The molecule has 126 valence electrons. The molecule has 1 aromatic carbocycles. The molecule has 0 amide bonds. The number of hydrogen-bond donors (Lipinski definition) is 1. The van der Waals surface area contributed by atoms with Crippen LogP contribution < -0.4 is 10.3 Å². The summed E-state index contributed by atoms with van der Waals surface area (Å²) in [5.74, 6) is -0.420. The molecule has 0 aliphatic carbocycles. The second-order valence-electron chi connectivity index (χ2n) is 5.56. The van der Waals surface area contributed by atoms with E-state index in [0.29, 0.717) is 10.2 Å². The second-order valence-corrected chi connectivity index (χ2v) is 6.76. The fourth-order valence-corrected chi connectivity index (χ4v) is 3.42. The molecule has 0 bridgehead atoms. The van der Waals surface area contributed by atoms with Crippen molar-refractivity contribution < 1.29 is 14.2 Å². The van der Waals surface area contributed by atoms with Crippen LogP contribution in [0.4, 0.5) is 4.39 Å². The van der Waals surface area contributed by atoms with E-state index < -0.39 is 11.9 Å². The molecule has 0 saturated carbocycles. The Kier molecular flexibility index (Phi) is 4.64.